The fourth-order valence-corrected chi connectivity index (χ4v) is 3.39. The molecule has 0 aromatic heterocycles. The number of amides is 3. The van der Waals surface area contributed by atoms with Crippen molar-refractivity contribution in [1.82, 2.24) is 10.2 Å². The van der Waals surface area contributed by atoms with Gasteiger partial charge in [-0.25, -0.2) is 9.18 Å². The molecular formula is C22H27FN4O2. The lowest BCUT2D eigenvalue weighted by atomic mass is 10.1. The molecule has 154 valence electrons. The molecule has 2 aromatic carbocycles. The number of piperidine rings is 1. The number of carbonyl (C=O) groups excluding carboxylic acids is 2. The van der Waals surface area contributed by atoms with Crippen LogP contribution in [0.4, 0.5) is 20.6 Å². The molecule has 0 radical (unpaired) electrons. The minimum absolute atomic E-state index is 0.00521. The average molecular weight is 398 g/mol. The van der Waals surface area contributed by atoms with Gasteiger partial charge in [-0.2, -0.15) is 0 Å². The van der Waals surface area contributed by atoms with Gasteiger partial charge in [0.15, 0.2) is 0 Å². The molecule has 29 heavy (non-hydrogen) atoms. The maximum Gasteiger partial charge on any atom is 0.319 e. The highest BCUT2D eigenvalue weighted by atomic mass is 19.1. The summed E-state index contributed by atoms with van der Waals surface area (Å²) >= 11 is 0. The lowest BCUT2D eigenvalue weighted by Gasteiger charge is -2.26. The number of nitrogens with one attached hydrogen (secondary N) is 3. The Balaban J connectivity index is 1.49. The molecule has 0 saturated carbocycles. The van der Waals surface area contributed by atoms with Gasteiger partial charge in [0.25, 0.3) is 0 Å². The smallest absolute Gasteiger partial charge is 0.319 e. The van der Waals surface area contributed by atoms with E-state index >= 15 is 0 Å². The first-order chi connectivity index (χ1) is 14.0. The molecule has 0 spiro atoms. The Morgan fingerprint density at radius 2 is 1.66 bits per heavy atom. The summed E-state index contributed by atoms with van der Waals surface area (Å²) in [6, 6.07) is 11.7. The summed E-state index contributed by atoms with van der Waals surface area (Å²) in [5.74, 6) is -0.841. The van der Waals surface area contributed by atoms with Gasteiger partial charge in [0.2, 0.25) is 5.91 Å². The standard InChI is InChI=1S/C22H27FN4O2/c1-16(28)25-19-9-10-20(23)21(13-19)26-22(29)24-14-17-5-7-18(8-6-17)15-27-11-3-2-4-12-27/h5-10,13H,2-4,11-12,14-15H2,1H3,(H,25,28)(H2,24,26,29). The molecule has 0 atom stereocenters. The SMILES string of the molecule is CC(=O)Nc1ccc(F)c(NC(=O)NCc2ccc(CN3CCCCC3)cc2)c1. The van der Waals surface area contributed by atoms with Crippen molar-refractivity contribution in [3.63, 3.8) is 0 Å². The van der Waals surface area contributed by atoms with Crippen molar-refractivity contribution >= 4 is 23.3 Å². The van der Waals surface area contributed by atoms with Crippen LogP contribution in [-0.4, -0.2) is 29.9 Å². The van der Waals surface area contributed by atoms with E-state index in [4.69, 9.17) is 0 Å². The number of benzene rings is 2. The molecule has 7 heteroatoms. The summed E-state index contributed by atoms with van der Waals surface area (Å²) < 4.78 is 13.9. The van der Waals surface area contributed by atoms with Gasteiger partial charge in [-0.15, -0.1) is 0 Å². The maximum absolute atomic E-state index is 13.9. The minimum Gasteiger partial charge on any atom is -0.334 e. The third kappa shape index (κ3) is 6.57. The van der Waals surface area contributed by atoms with Crippen LogP contribution in [0.2, 0.25) is 0 Å². The summed E-state index contributed by atoms with van der Waals surface area (Å²) in [6.45, 7) is 4.97. The van der Waals surface area contributed by atoms with Crippen LogP contribution in [0.1, 0.15) is 37.3 Å². The first kappa shape index (κ1) is 20.8. The highest BCUT2D eigenvalue weighted by Crippen LogP contribution is 2.19. The van der Waals surface area contributed by atoms with Crippen molar-refractivity contribution in [2.24, 2.45) is 0 Å². The predicted molar refractivity (Wildman–Crippen MR) is 112 cm³/mol. The summed E-state index contributed by atoms with van der Waals surface area (Å²) in [4.78, 5) is 25.7. The van der Waals surface area contributed by atoms with Gasteiger partial charge in [0.1, 0.15) is 5.82 Å². The molecule has 2 aromatic rings. The molecule has 0 unspecified atom stereocenters. The lowest BCUT2D eigenvalue weighted by Crippen LogP contribution is -2.29. The second-order valence-electron chi connectivity index (χ2n) is 7.34. The van der Waals surface area contributed by atoms with Crippen LogP contribution in [0.5, 0.6) is 0 Å². The van der Waals surface area contributed by atoms with Crippen LogP contribution < -0.4 is 16.0 Å². The average Bonchev–Trinajstić information content (AvgIpc) is 2.70. The number of likely N-dealkylation sites (tertiary alicyclic amines) is 1. The Morgan fingerprint density at radius 3 is 2.34 bits per heavy atom. The summed E-state index contributed by atoms with van der Waals surface area (Å²) in [6.07, 6.45) is 3.86. The predicted octanol–water partition coefficient (Wildman–Crippen LogP) is 4.09. The van der Waals surface area contributed by atoms with Crippen molar-refractivity contribution in [3.8, 4) is 0 Å². The van der Waals surface area contributed by atoms with Gasteiger partial charge in [-0.05, 0) is 55.3 Å². The van der Waals surface area contributed by atoms with E-state index < -0.39 is 11.8 Å². The number of hydrogen-bond donors (Lipinski definition) is 3. The highest BCUT2D eigenvalue weighted by Gasteiger charge is 2.11. The third-order valence-corrected chi connectivity index (χ3v) is 4.87. The number of hydrogen-bond acceptors (Lipinski definition) is 3. The van der Waals surface area contributed by atoms with Crippen LogP contribution >= 0.6 is 0 Å². The largest absolute Gasteiger partial charge is 0.334 e. The first-order valence-corrected chi connectivity index (χ1v) is 9.92. The third-order valence-electron chi connectivity index (χ3n) is 4.87. The Labute approximate surface area is 170 Å². The molecule has 1 fully saturated rings. The topological polar surface area (TPSA) is 73.5 Å². The van der Waals surface area contributed by atoms with E-state index in [0.717, 1.165) is 25.2 Å². The zero-order valence-corrected chi connectivity index (χ0v) is 16.6. The fourth-order valence-electron chi connectivity index (χ4n) is 3.39. The van der Waals surface area contributed by atoms with Crippen molar-refractivity contribution in [3.05, 3.63) is 59.4 Å². The van der Waals surface area contributed by atoms with Gasteiger partial charge in [-0.3, -0.25) is 9.69 Å². The van der Waals surface area contributed by atoms with Crippen LogP contribution in [0, 0.1) is 5.82 Å². The van der Waals surface area contributed by atoms with E-state index in [1.54, 1.807) is 0 Å². The minimum atomic E-state index is -0.573. The molecule has 0 aliphatic carbocycles. The van der Waals surface area contributed by atoms with Crippen molar-refractivity contribution in [2.75, 3.05) is 23.7 Å². The fraction of sp³-hybridized carbons (Fsp3) is 0.364. The van der Waals surface area contributed by atoms with Gasteiger partial charge < -0.3 is 16.0 Å². The van der Waals surface area contributed by atoms with Gasteiger partial charge in [-0.1, -0.05) is 30.7 Å². The second kappa shape index (κ2) is 10.0. The number of rotatable bonds is 6. The highest BCUT2D eigenvalue weighted by molar-refractivity contribution is 5.92. The van der Waals surface area contributed by atoms with Crippen LogP contribution in [0.3, 0.4) is 0 Å². The van der Waals surface area contributed by atoms with E-state index in [0.29, 0.717) is 12.2 Å². The maximum atomic E-state index is 13.9. The Kier molecular flexibility index (Phi) is 7.19. The Bertz CT molecular complexity index is 848. The van der Waals surface area contributed by atoms with E-state index in [9.17, 15) is 14.0 Å². The zero-order chi connectivity index (χ0) is 20.6. The van der Waals surface area contributed by atoms with Crippen LogP contribution in [-0.2, 0) is 17.9 Å². The summed E-state index contributed by atoms with van der Waals surface area (Å²) in [7, 11) is 0. The monoisotopic (exact) mass is 398 g/mol. The number of urea groups is 1. The second-order valence-corrected chi connectivity index (χ2v) is 7.34. The van der Waals surface area contributed by atoms with Crippen LogP contribution in [0.25, 0.3) is 0 Å². The van der Waals surface area contributed by atoms with E-state index in [1.165, 1.54) is 49.9 Å². The van der Waals surface area contributed by atoms with E-state index in [-0.39, 0.29) is 11.6 Å². The molecular weight excluding hydrogens is 371 g/mol. The quantitative estimate of drug-likeness (QED) is 0.686. The number of halogens is 1. The Hall–Kier alpha value is -2.93. The molecule has 1 saturated heterocycles. The van der Waals surface area contributed by atoms with Crippen molar-refractivity contribution in [1.29, 1.82) is 0 Å². The van der Waals surface area contributed by atoms with Crippen molar-refractivity contribution < 1.29 is 14.0 Å². The number of carbonyl (C=O) groups is 2. The Morgan fingerprint density at radius 1 is 0.966 bits per heavy atom. The summed E-state index contributed by atoms with van der Waals surface area (Å²) in [5.41, 5.74) is 2.65. The first-order valence-electron chi connectivity index (χ1n) is 9.92. The van der Waals surface area contributed by atoms with Gasteiger partial charge in [0, 0.05) is 25.7 Å². The summed E-state index contributed by atoms with van der Waals surface area (Å²) in [5, 5.41) is 7.76. The zero-order valence-electron chi connectivity index (χ0n) is 16.6. The molecule has 3 N–H and O–H groups in total. The lowest BCUT2D eigenvalue weighted by molar-refractivity contribution is -0.114. The molecule has 3 rings (SSSR count). The van der Waals surface area contributed by atoms with Crippen molar-refractivity contribution in [2.45, 2.75) is 39.3 Å². The van der Waals surface area contributed by atoms with Crippen LogP contribution in [0.15, 0.2) is 42.5 Å². The molecule has 0 bridgehead atoms. The molecule has 1 aliphatic rings. The molecule has 6 nitrogen and oxygen atoms in total. The van der Waals surface area contributed by atoms with E-state index in [2.05, 4.69) is 33.0 Å². The molecule has 1 aliphatic heterocycles. The molecule has 1 heterocycles. The normalized spacial score (nSPS) is 14.3. The van der Waals surface area contributed by atoms with E-state index in [1.807, 2.05) is 12.1 Å². The number of anilines is 2. The van der Waals surface area contributed by atoms with Gasteiger partial charge >= 0.3 is 6.03 Å². The van der Waals surface area contributed by atoms with Gasteiger partial charge in [0.05, 0.1) is 5.69 Å². The number of nitrogens with zero attached hydrogens (tertiary/aromatic N) is 1. The molecule has 3 amide bonds.